The quantitative estimate of drug-likeness (QED) is 0.438. The molecule has 0 aliphatic carbocycles. The average molecular weight is 412 g/mol. The van der Waals surface area contributed by atoms with Gasteiger partial charge < -0.3 is 10.2 Å². The van der Waals surface area contributed by atoms with Crippen LogP contribution in [0.4, 0.5) is 5.82 Å². The number of para-hydroxylation sites is 2. The van der Waals surface area contributed by atoms with E-state index in [4.69, 9.17) is 4.98 Å². The molecule has 0 aliphatic heterocycles. The first kappa shape index (κ1) is 20.9. The Morgan fingerprint density at radius 2 is 1.81 bits per heavy atom. The van der Waals surface area contributed by atoms with Gasteiger partial charge in [0.2, 0.25) is 0 Å². The van der Waals surface area contributed by atoms with Crippen molar-refractivity contribution in [2.24, 2.45) is 0 Å². The van der Waals surface area contributed by atoms with Crippen LogP contribution in [-0.4, -0.2) is 41.5 Å². The summed E-state index contributed by atoms with van der Waals surface area (Å²) in [6.45, 7) is 6.02. The zero-order valence-corrected chi connectivity index (χ0v) is 18.7. The molecule has 4 rings (SSSR count). The number of aryl methyl sites for hydroxylation is 1. The van der Waals surface area contributed by atoms with Crippen molar-refractivity contribution < 1.29 is 0 Å². The summed E-state index contributed by atoms with van der Waals surface area (Å²) in [5.74, 6) is 1.04. The van der Waals surface area contributed by atoms with Crippen LogP contribution in [0.5, 0.6) is 0 Å². The first-order chi connectivity index (χ1) is 15.0. The number of benzene rings is 2. The minimum absolute atomic E-state index is 0.650. The molecule has 1 N–H and O–H groups in total. The zero-order valence-electron chi connectivity index (χ0n) is 18.7. The molecule has 31 heavy (non-hydrogen) atoms. The number of nitrogens with one attached hydrogen (secondary N) is 1. The molecule has 0 unspecified atom stereocenters. The lowest BCUT2D eigenvalue weighted by Crippen LogP contribution is -2.18. The molecule has 4 aromatic rings. The molecule has 0 fully saturated rings. The van der Waals surface area contributed by atoms with Crippen LogP contribution >= 0.6 is 0 Å². The number of aromatic nitrogens is 2. The van der Waals surface area contributed by atoms with Crippen LogP contribution < -0.4 is 5.32 Å². The van der Waals surface area contributed by atoms with Crippen molar-refractivity contribution in [1.82, 2.24) is 14.3 Å². The van der Waals surface area contributed by atoms with E-state index in [2.05, 4.69) is 72.0 Å². The number of nitrogens with zero attached hydrogens (tertiary/aromatic N) is 4. The van der Waals surface area contributed by atoms with Crippen LogP contribution in [0, 0.1) is 25.2 Å². The van der Waals surface area contributed by atoms with E-state index < -0.39 is 0 Å². The third-order valence-corrected chi connectivity index (χ3v) is 5.81. The monoisotopic (exact) mass is 411 g/mol. The van der Waals surface area contributed by atoms with E-state index in [-0.39, 0.29) is 0 Å². The first-order valence-electron chi connectivity index (χ1n) is 10.8. The molecule has 2 heterocycles. The summed E-state index contributed by atoms with van der Waals surface area (Å²) in [5, 5.41) is 13.7. The molecule has 0 bridgehead atoms. The number of hydrogen-bond donors (Lipinski definition) is 1. The van der Waals surface area contributed by atoms with Crippen molar-refractivity contribution >= 4 is 22.5 Å². The molecule has 2 aromatic carbocycles. The van der Waals surface area contributed by atoms with Gasteiger partial charge in [0.25, 0.3) is 0 Å². The number of anilines is 1. The summed E-state index contributed by atoms with van der Waals surface area (Å²) >= 11 is 0. The molecule has 0 atom stereocenters. The third kappa shape index (κ3) is 4.12. The highest BCUT2D eigenvalue weighted by Crippen LogP contribution is 2.32. The Morgan fingerprint density at radius 3 is 2.52 bits per heavy atom. The fourth-order valence-corrected chi connectivity index (χ4v) is 4.10. The van der Waals surface area contributed by atoms with Gasteiger partial charge in [0, 0.05) is 18.5 Å². The number of hydrogen-bond acceptors (Lipinski definition) is 4. The van der Waals surface area contributed by atoms with E-state index in [1.54, 1.807) is 0 Å². The first-order valence-corrected chi connectivity index (χ1v) is 10.8. The molecule has 5 nitrogen and oxygen atoms in total. The molecular formula is C26H29N5. The Labute approximate surface area is 183 Å². The van der Waals surface area contributed by atoms with Gasteiger partial charge in [-0.15, -0.1) is 0 Å². The number of rotatable bonds is 7. The van der Waals surface area contributed by atoms with Gasteiger partial charge in [-0.3, -0.25) is 4.40 Å². The van der Waals surface area contributed by atoms with Crippen molar-refractivity contribution in [3.63, 3.8) is 0 Å². The van der Waals surface area contributed by atoms with Gasteiger partial charge in [0.15, 0.2) is 5.65 Å². The average Bonchev–Trinajstić information content (AvgIpc) is 3.13. The van der Waals surface area contributed by atoms with E-state index in [1.165, 1.54) is 11.1 Å². The van der Waals surface area contributed by atoms with Crippen molar-refractivity contribution in [1.29, 1.82) is 5.26 Å². The summed E-state index contributed by atoms with van der Waals surface area (Å²) in [4.78, 5) is 7.01. The summed E-state index contributed by atoms with van der Waals surface area (Å²) in [6, 6.07) is 19.2. The SMILES string of the molecule is Cc1ccc(Cc2c(C)c(C#N)c3nc4ccccc4n3c2NCCCN(C)C)cc1. The smallest absolute Gasteiger partial charge is 0.157 e. The topological polar surface area (TPSA) is 56.4 Å². The maximum atomic E-state index is 10.0. The molecule has 0 saturated carbocycles. The van der Waals surface area contributed by atoms with Gasteiger partial charge in [0.1, 0.15) is 11.9 Å². The maximum absolute atomic E-state index is 10.0. The van der Waals surface area contributed by atoms with Gasteiger partial charge in [-0.25, -0.2) is 4.98 Å². The van der Waals surface area contributed by atoms with Crippen molar-refractivity contribution in [2.45, 2.75) is 26.7 Å². The second kappa shape index (κ2) is 8.79. The summed E-state index contributed by atoms with van der Waals surface area (Å²) < 4.78 is 2.14. The highest BCUT2D eigenvalue weighted by molar-refractivity contribution is 5.86. The molecule has 0 radical (unpaired) electrons. The van der Waals surface area contributed by atoms with Crippen molar-refractivity contribution in [2.75, 3.05) is 32.5 Å². The Balaban J connectivity index is 1.91. The molecule has 2 aromatic heterocycles. The van der Waals surface area contributed by atoms with E-state index in [9.17, 15) is 5.26 Å². The van der Waals surface area contributed by atoms with Crippen LogP contribution in [-0.2, 0) is 6.42 Å². The molecule has 5 heteroatoms. The van der Waals surface area contributed by atoms with E-state index in [0.29, 0.717) is 5.56 Å². The standard InChI is InChI=1S/C26H29N5/c1-18-10-12-20(13-11-18)16-21-19(2)22(17-27)26-29-23-8-5-6-9-24(23)31(26)25(21)28-14-7-15-30(3)4/h5-6,8-13,28H,7,14-16H2,1-4H3. The maximum Gasteiger partial charge on any atom is 0.157 e. The number of imidazole rings is 1. The van der Waals surface area contributed by atoms with Gasteiger partial charge in [-0.05, 0) is 64.2 Å². The predicted octanol–water partition coefficient (Wildman–Crippen LogP) is 4.93. The van der Waals surface area contributed by atoms with Crippen LogP contribution in [0.3, 0.4) is 0 Å². The van der Waals surface area contributed by atoms with Crippen LogP contribution in [0.15, 0.2) is 48.5 Å². The Bertz CT molecular complexity index is 1260. The zero-order chi connectivity index (χ0) is 22.0. The summed E-state index contributed by atoms with van der Waals surface area (Å²) in [7, 11) is 4.19. The Kier molecular flexibility index (Phi) is 5.92. The molecule has 0 aliphatic rings. The fraction of sp³-hybridized carbons (Fsp3) is 0.308. The van der Waals surface area contributed by atoms with Gasteiger partial charge in [0.05, 0.1) is 16.6 Å². The van der Waals surface area contributed by atoms with Gasteiger partial charge >= 0.3 is 0 Å². The van der Waals surface area contributed by atoms with Crippen molar-refractivity contribution in [3.05, 3.63) is 76.3 Å². The molecular weight excluding hydrogens is 382 g/mol. The number of pyridine rings is 1. The molecule has 158 valence electrons. The van der Waals surface area contributed by atoms with E-state index in [0.717, 1.165) is 59.6 Å². The largest absolute Gasteiger partial charge is 0.371 e. The second-order valence-corrected chi connectivity index (χ2v) is 8.44. The number of fused-ring (bicyclic) bond motifs is 3. The van der Waals surface area contributed by atoms with E-state index in [1.807, 2.05) is 25.1 Å². The lowest BCUT2D eigenvalue weighted by atomic mass is 9.97. The van der Waals surface area contributed by atoms with Crippen LogP contribution in [0.2, 0.25) is 0 Å². The minimum atomic E-state index is 0.650. The third-order valence-electron chi connectivity index (χ3n) is 5.81. The minimum Gasteiger partial charge on any atom is -0.371 e. The highest BCUT2D eigenvalue weighted by atomic mass is 15.1. The summed E-state index contributed by atoms with van der Waals surface area (Å²) in [6.07, 6.45) is 1.80. The van der Waals surface area contributed by atoms with E-state index >= 15 is 0 Å². The Morgan fingerprint density at radius 1 is 1.06 bits per heavy atom. The van der Waals surface area contributed by atoms with Crippen molar-refractivity contribution in [3.8, 4) is 6.07 Å². The number of nitriles is 1. The second-order valence-electron chi connectivity index (χ2n) is 8.44. The molecule has 0 amide bonds. The van der Waals surface area contributed by atoms with Gasteiger partial charge in [-0.1, -0.05) is 42.0 Å². The summed E-state index contributed by atoms with van der Waals surface area (Å²) in [5.41, 5.74) is 7.94. The Hall–Kier alpha value is -3.36. The lowest BCUT2D eigenvalue weighted by molar-refractivity contribution is 0.405. The van der Waals surface area contributed by atoms with Crippen LogP contribution in [0.25, 0.3) is 16.7 Å². The molecule has 0 spiro atoms. The predicted molar refractivity (Wildman–Crippen MR) is 128 cm³/mol. The van der Waals surface area contributed by atoms with Crippen LogP contribution in [0.1, 0.15) is 34.2 Å². The van der Waals surface area contributed by atoms with Gasteiger partial charge in [-0.2, -0.15) is 5.26 Å². The lowest BCUT2D eigenvalue weighted by Gasteiger charge is -2.19. The highest BCUT2D eigenvalue weighted by Gasteiger charge is 2.20. The normalized spacial score (nSPS) is 11.4. The fourth-order valence-electron chi connectivity index (χ4n) is 4.10. The molecule has 0 saturated heterocycles.